The monoisotopic (exact) mass is 420 g/mol. The second-order valence-electron chi connectivity index (χ2n) is 7.17. The van der Waals surface area contributed by atoms with Gasteiger partial charge in [0.25, 0.3) is 0 Å². The number of carbonyl (C=O) groups excluding carboxylic acids is 1. The van der Waals surface area contributed by atoms with Crippen LogP contribution < -0.4 is 5.32 Å². The zero-order chi connectivity index (χ0) is 21.3. The molecule has 156 valence electrons. The Labute approximate surface area is 183 Å². The van der Waals surface area contributed by atoms with Crippen molar-refractivity contribution >= 4 is 23.4 Å². The minimum atomic E-state index is -0.359. The van der Waals surface area contributed by atoms with Crippen LogP contribution in [0.15, 0.2) is 70.7 Å². The molecule has 1 aliphatic rings. The van der Waals surface area contributed by atoms with Gasteiger partial charge in [0.1, 0.15) is 0 Å². The Morgan fingerprint density at radius 3 is 2.57 bits per heavy atom. The van der Waals surface area contributed by atoms with Gasteiger partial charge in [0, 0.05) is 23.0 Å². The minimum absolute atomic E-state index is 0.359. The third kappa shape index (κ3) is 5.63. The number of nitrogens with one attached hydrogen (secondary N) is 1. The summed E-state index contributed by atoms with van der Waals surface area (Å²) in [4.78, 5) is 17.7. The molecule has 0 aliphatic heterocycles. The topological polar surface area (TPSA) is 51.2 Å². The minimum Gasteiger partial charge on any atom is -0.465 e. The van der Waals surface area contributed by atoms with Crippen LogP contribution in [0, 0.1) is 6.92 Å². The molecule has 0 radical (unpaired) electrons. The van der Waals surface area contributed by atoms with Crippen molar-refractivity contribution in [1.29, 1.82) is 0 Å². The molecule has 0 saturated carbocycles. The van der Waals surface area contributed by atoms with E-state index in [9.17, 15) is 4.79 Å². The fraction of sp³-hybridized carbons (Fsp3) is 0.280. The maximum atomic E-state index is 11.1. The number of carbonyl (C=O) groups is 1. The van der Waals surface area contributed by atoms with Crippen molar-refractivity contribution in [2.45, 2.75) is 42.4 Å². The number of pyridine rings is 1. The molecule has 0 unspecified atom stereocenters. The summed E-state index contributed by atoms with van der Waals surface area (Å²) in [5.41, 5.74) is 5.66. The van der Waals surface area contributed by atoms with Crippen molar-refractivity contribution in [2.24, 2.45) is 0 Å². The molecule has 0 bridgehead atoms. The Kier molecular flexibility index (Phi) is 7.91. The molecule has 0 fully saturated rings. The highest BCUT2D eigenvalue weighted by Gasteiger charge is 2.10. The van der Waals surface area contributed by atoms with Crippen molar-refractivity contribution < 1.29 is 9.53 Å². The summed E-state index contributed by atoms with van der Waals surface area (Å²) in [5, 5.41) is 2.85. The lowest BCUT2D eigenvalue weighted by Gasteiger charge is -2.16. The van der Waals surface area contributed by atoms with E-state index in [4.69, 9.17) is 0 Å². The summed E-state index contributed by atoms with van der Waals surface area (Å²) in [5.74, 6) is -0.359. The second-order valence-corrected chi connectivity index (χ2v) is 8.28. The number of nitrogens with zero attached hydrogens (tertiary/aromatic N) is 1. The average Bonchev–Trinajstić information content (AvgIpc) is 2.80. The average molecular weight is 421 g/mol. The molecule has 4 rings (SSSR count). The molecule has 0 atom stereocenters. The number of aryl methyl sites for hydroxylation is 3. The van der Waals surface area contributed by atoms with Gasteiger partial charge < -0.3 is 10.1 Å². The van der Waals surface area contributed by atoms with Crippen molar-refractivity contribution in [3.63, 3.8) is 0 Å². The number of fused-ring (bicyclic) bond motifs is 1. The molecule has 1 N–H and O–H groups in total. The van der Waals surface area contributed by atoms with Gasteiger partial charge in [-0.05, 0) is 73.6 Å². The molecule has 30 heavy (non-hydrogen) atoms. The van der Waals surface area contributed by atoms with Gasteiger partial charge in [-0.2, -0.15) is 0 Å². The summed E-state index contributed by atoms with van der Waals surface area (Å²) in [6.45, 7) is 2.18. The summed E-state index contributed by atoms with van der Waals surface area (Å²) in [7, 11) is 3.08. The van der Waals surface area contributed by atoms with Gasteiger partial charge in [0.05, 0.1) is 24.6 Å². The van der Waals surface area contributed by atoms with Gasteiger partial charge in [-0.25, -0.2) is 4.79 Å². The van der Waals surface area contributed by atoms with Crippen LogP contribution in [-0.4, -0.2) is 25.1 Å². The zero-order valence-corrected chi connectivity index (χ0v) is 18.6. The molecule has 2 aromatic carbocycles. The van der Waals surface area contributed by atoms with Gasteiger partial charge in [0.2, 0.25) is 0 Å². The number of rotatable bonds is 4. The van der Waals surface area contributed by atoms with Crippen LogP contribution in [0.5, 0.6) is 0 Å². The maximum absolute atomic E-state index is 11.1. The highest BCUT2D eigenvalue weighted by Crippen LogP contribution is 2.33. The molecule has 0 spiro atoms. The van der Waals surface area contributed by atoms with Gasteiger partial charge in [0.15, 0.2) is 0 Å². The van der Waals surface area contributed by atoms with E-state index >= 15 is 0 Å². The molecular weight excluding hydrogens is 392 g/mol. The number of ether oxygens (including phenoxy) is 1. The normalized spacial score (nSPS) is 12.2. The van der Waals surface area contributed by atoms with Crippen LogP contribution in [0.4, 0.5) is 5.69 Å². The van der Waals surface area contributed by atoms with Crippen molar-refractivity contribution in [3.8, 4) is 0 Å². The van der Waals surface area contributed by atoms with E-state index in [-0.39, 0.29) is 5.97 Å². The second kappa shape index (κ2) is 10.8. The molecule has 5 heteroatoms. The number of esters is 1. The van der Waals surface area contributed by atoms with E-state index in [1.165, 1.54) is 48.1 Å². The van der Waals surface area contributed by atoms with Crippen LogP contribution in [0.3, 0.4) is 0 Å². The highest BCUT2D eigenvalue weighted by molar-refractivity contribution is 7.99. The van der Waals surface area contributed by atoms with E-state index < -0.39 is 0 Å². The number of benzene rings is 2. The predicted molar refractivity (Wildman–Crippen MR) is 124 cm³/mol. The maximum Gasteiger partial charge on any atom is 0.340 e. The van der Waals surface area contributed by atoms with Crippen LogP contribution in [0.1, 0.15) is 39.9 Å². The third-order valence-corrected chi connectivity index (χ3v) is 6.30. The molecule has 0 amide bonds. The Morgan fingerprint density at radius 1 is 1.07 bits per heavy atom. The molecule has 1 aromatic heterocycles. The summed E-state index contributed by atoms with van der Waals surface area (Å²) < 4.78 is 4.57. The molecular formula is C25H28N2O2S. The molecule has 1 aliphatic carbocycles. The van der Waals surface area contributed by atoms with Gasteiger partial charge >= 0.3 is 5.97 Å². The largest absolute Gasteiger partial charge is 0.465 e. The summed E-state index contributed by atoms with van der Waals surface area (Å²) >= 11 is 1.89. The number of anilines is 1. The Morgan fingerprint density at radius 2 is 1.83 bits per heavy atom. The first-order chi connectivity index (χ1) is 14.6. The Balaban J connectivity index is 0.000000187. The zero-order valence-electron chi connectivity index (χ0n) is 17.8. The lowest BCUT2D eigenvalue weighted by Crippen LogP contribution is -2.05. The van der Waals surface area contributed by atoms with E-state index in [1.54, 1.807) is 36.6 Å². The van der Waals surface area contributed by atoms with Gasteiger partial charge in [-0.15, -0.1) is 0 Å². The first-order valence-corrected chi connectivity index (χ1v) is 11.0. The van der Waals surface area contributed by atoms with Crippen LogP contribution in [-0.2, 0) is 17.6 Å². The van der Waals surface area contributed by atoms with Crippen molar-refractivity contribution in [3.05, 3.63) is 83.2 Å². The first-order valence-electron chi connectivity index (χ1n) is 10.2. The number of methoxy groups -OCH3 is 1. The molecule has 4 nitrogen and oxygen atoms in total. The smallest absolute Gasteiger partial charge is 0.340 e. The van der Waals surface area contributed by atoms with E-state index in [2.05, 4.69) is 64.4 Å². The van der Waals surface area contributed by atoms with Gasteiger partial charge in [-0.3, -0.25) is 4.98 Å². The summed E-state index contributed by atoms with van der Waals surface area (Å²) in [6.07, 6.45) is 8.37. The molecule has 0 saturated heterocycles. The SMILES string of the molecule is CNc1cnccc1C(=O)OC.Cc1ccccc1Sc1ccc2c(c1)CCCC2. The quantitative estimate of drug-likeness (QED) is 0.530. The lowest BCUT2D eigenvalue weighted by atomic mass is 9.92. The van der Waals surface area contributed by atoms with E-state index in [0.29, 0.717) is 11.3 Å². The standard InChI is InChI=1S/C17H18S.C8H10N2O2/c1-13-6-2-5-9-17(13)18-16-11-10-14-7-3-4-8-15(14)12-16;1-9-7-5-10-4-3-6(7)8(11)12-2/h2,5-6,9-12H,3-4,7-8H2,1H3;3-5,9H,1-2H3. The van der Waals surface area contributed by atoms with Crippen LogP contribution in [0.2, 0.25) is 0 Å². The van der Waals surface area contributed by atoms with Crippen LogP contribution in [0.25, 0.3) is 0 Å². The summed E-state index contributed by atoms with van der Waals surface area (Å²) in [6, 6.07) is 17.2. The number of hydrogen-bond donors (Lipinski definition) is 1. The predicted octanol–water partition coefficient (Wildman–Crippen LogP) is 5.93. The number of aromatic nitrogens is 1. The first kappa shape index (κ1) is 21.9. The van der Waals surface area contributed by atoms with Crippen LogP contribution >= 0.6 is 11.8 Å². The van der Waals surface area contributed by atoms with E-state index in [1.807, 2.05) is 11.8 Å². The third-order valence-electron chi connectivity index (χ3n) is 5.14. The highest BCUT2D eigenvalue weighted by atomic mass is 32.2. The Bertz CT molecular complexity index is 1000. The van der Waals surface area contributed by atoms with Crippen molar-refractivity contribution in [1.82, 2.24) is 4.98 Å². The lowest BCUT2D eigenvalue weighted by molar-refractivity contribution is 0.0601. The fourth-order valence-electron chi connectivity index (χ4n) is 3.45. The molecule has 1 heterocycles. The fourth-order valence-corrected chi connectivity index (χ4v) is 4.42. The molecule has 3 aromatic rings. The van der Waals surface area contributed by atoms with Gasteiger partial charge in [-0.1, -0.05) is 36.0 Å². The Hall–Kier alpha value is -2.79. The van der Waals surface area contributed by atoms with E-state index in [0.717, 1.165) is 0 Å². The number of hydrogen-bond acceptors (Lipinski definition) is 5. The van der Waals surface area contributed by atoms with Crippen molar-refractivity contribution in [2.75, 3.05) is 19.5 Å².